The van der Waals surface area contributed by atoms with E-state index in [0.29, 0.717) is 10.7 Å². The molecule has 0 amide bonds. The van der Waals surface area contributed by atoms with E-state index < -0.39 is 11.9 Å². The average molecular weight is 352 g/mol. The fourth-order valence-corrected chi connectivity index (χ4v) is 3.19. The third-order valence-corrected chi connectivity index (χ3v) is 4.78. The average Bonchev–Trinajstić information content (AvgIpc) is 2.93. The second-order valence-electron chi connectivity index (χ2n) is 5.76. The van der Waals surface area contributed by atoms with Gasteiger partial charge in [-0.25, -0.2) is 4.98 Å². The summed E-state index contributed by atoms with van der Waals surface area (Å²) < 4.78 is 0. The van der Waals surface area contributed by atoms with Crippen LogP contribution < -0.4 is 0 Å². The Kier molecular flexibility index (Phi) is 5.91. The summed E-state index contributed by atoms with van der Waals surface area (Å²) in [7, 11) is 0. The molecule has 2 rings (SSSR count). The molecule has 1 heterocycles. The van der Waals surface area contributed by atoms with Gasteiger partial charge in [-0.2, -0.15) is 0 Å². The van der Waals surface area contributed by atoms with Gasteiger partial charge >= 0.3 is 5.97 Å². The predicted molar refractivity (Wildman–Crippen MR) is 91.9 cm³/mol. The van der Waals surface area contributed by atoms with Gasteiger partial charge in [-0.3, -0.25) is 9.59 Å². The Hall–Kier alpha value is -1.72. The lowest BCUT2D eigenvalue weighted by Gasteiger charge is -2.14. The number of hydrogen-bond acceptors (Lipinski definition) is 4. The normalized spacial score (nSPS) is 12.3. The molecule has 23 heavy (non-hydrogen) atoms. The van der Waals surface area contributed by atoms with Crippen LogP contribution in [0.15, 0.2) is 29.6 Å². The standard InChI is InChI=1S/C17H18ClNO3S/c1-10(2)15(17(21)22)8-14(20)7-13-9-23-16(19-13)11-3-5-12(18)6-4-11/h3-6,9-10,15H,7-8H2,1-2H3,(H,21,22)/t15-/m1/s1. The second-order valence-corrected chi connectivity index (χ2v) is 7.05. The lowest BCUT2D eigenvalue weighted by molar-refractivity contribution is -0.145. The van der Waals surface area contributed by atoms with E-state index in [-0.39, 0.29) is 24.5 Å². The molecule has 1 N–H and O–H groups in total. The van der Waals surface area contributed by atoms with Crippen molar-refractivity contribution in [3.8, 4) is 10.6 Å². The quantitative estimate of drug-likeness (QED) is 0.806. The summed E-state index contributed by atoms with van der Waals surface area (Å²) in [5.41, 5.74) is 1.63. The Bertz CT molecular complexity index is 694. The molecule has 0 spiro atoms. The lowest BCUT2D eigenvalue weighted by Crippen LogP contribution is -2.23. The number of carbonyl (C=O) groups is 2. The molecule has 0 saturated heterocycles. The van der Waals surface area contributed by atoms with Crippen LogP contribution in [0.1, 0.15) is 26.0 Å². The van der Waals surface area contributed by atoms with Crippen LogP contribution in [0.2, 0.25) is 5.02 Å². The Morgan fingerprint density at radius 1 is 1.26 bits per heavy atom. The maximum Gasteiger partial charge on any atom is 0.307 e. The molecule has 0 fully saturated rings. The van der Waals surface area contributed by atoms with Gasteiger partial charge in [0.2, 0.25) is 0 Å². The van der Waals surface area contributed by atoms with Crippen molar-refractivity contribution in [3.05, 3.63) is 40.4 Å². The Morgan fingerprint density at radius 2 is 1.91 bits per heavy atom. The minimum atomic E-state index is -0.923. The number of carboxylic acids is 1. The third-order valence-electron chi connectivity index (χ3n) is 3.59. The topological polar surface area (TPSA) is 67.3 Å². The number of carboxylic acid groups (broad SMARTS) is 1. The molecule has 0 unspecified atom stereocenters. The fraction of sp³-hybridized carbons (Fsp3) is 0.353. The van der Waals surface area contributed by atoms with Gasteiger partial charge in [0.05, 0.1) is 11.6 Å². The van der Waals surface area contributed by atoms with Gasteiger partial charge in [0.15, 0.2) is 0 Å². The van der Waals surface area contributed by atoms with E-state index in [1.54, 1.807) is 12.1 Å². The van der Waals surface area contributed by atoms with Gasteiger partial charge in [0.25, 0.3) is 0 Å². The van der Waals surface area contributed by atoms with E-state index in [1.165, 1.54) is 11.3 Å². The van der Waals surface area contributed by atoms with E-state index >= 15 is 0 Å². The first-order valence-corrected chi connectivity index (χ1v) is 8.57. The molecule has 0 saturated carbocycles. The van der Waals surface area contributed by atoms with Crippen molar-refractivity contribution >= 4 is 34.7 Å². The first-order chi connectivity index (χ1) is 10.9. The number of nitrogens with zero attached hydrogens (tertiary/aromatic N) is 1. The number of Topliss-reactive ketones (excluding diaryl/α,β-unsaturated/α-hetero) is 1. The number of carbonyl (C=O) groups excluding carboxylic acids is 1. The van der Waals surface area contributed by atoms with Crippen molar-refractivity contribution < 1.29 is 14.7 Å². The number of aliphatic carboxylic acids is 1. The number of thiazole rings is 1. The minimum absolute atomic E-state index is 0.0425. The second kappa shape index (κ2) is 7.70. The van der Waals surface area contributed by atoms with Crippen LogP contribution in [0.25, 0.3) is 10.6 Å². The van der Waals surface area contributed by atoms with Gasteiger partial charge in [0.1, 0.15) is 10.8 Å². The lowest BCUT2D eigenvalue weighted by atomic mass is 9.90. The number of ketones is 1. The van der Waals surface area contributed by atoms with Crippen LogP contribution in [0.5, 0.6) is 0 Å². The van der Waals surface area contributed by atoms with Crippen LogP contribution in [0, 0.1) is 11.8 Å². The molecular weight excluding hydrogens is 334 g/mol. The van der Waals surface area contributed by atoms with Crippen LogP contribution >= 0.6 is 22.9 Å². The smallest absolute Gasteiger partial charge is 0.307 e. The van der Waals surface area contributed by atoms with Crippen LogP contribution in [0.3, 0.4) is 0 Å². The first-order valence-electron chi connectivity index (χ1n) is 7.31. The molecule has 0 bridgehead atoms. The van der Waals surface area contributed by atoms with Crippen molar-refractivity contribution in [1.29, 1.82) is 0 Å². The van der Waals surface area contributed by atoms with E-state index in [2.05, 4.69) is 4.98 Å². The van der Waals surface area contributed by atoms with Crippen LogP contribution in [-0.2, 0) is 16.0 Å². The predicted octanol–water partition coefficient (Wildman–Crippen LogP) is 4.32. The minimum Gasteiger partial charge on any atom is -0.481 e. The highest BCUT2D eigenvalue weighted by molar-refractivity contribution is 7.13. The molecule has 2 aromatic rings. The number of hydrogen-bond donors (Lipinski definition) is 1. The monoisotopic (exact) mass is 351 g/mol. The van der Waals surface area contributed by atoms with Crippen molar-refractivity contribution in [2.75, 3.05) is 0 Å². The van der Waals surface area contributed by atoms with E-state index in [0.717, 1.165) is 10.6 Å². The zero-order valence-corrected chi connectivity index (χ0v) is 14.5. The molecule has 0 aliphatic rings. The molecule has 0 aliphatic heterocycles. The highest BCUT2D eigenvalue weighted by atomic mass is 35.5. The van der Waals surface area contributed by atoms with Crippen molar-refractivity contribution in [2.45, 2.75) is 26.7 Å². The molecule has 1 aromatic heterocycles. The SMILES string of the molecule is CC(C)[C@@H](CC(=O)Cc1csc(-c2ccc(Cl)cc2)n1)C(=O)O. The summed E-state index contributed by atoms with van der Waals surface area (Å²) in [6.07, 6.45) is 0.210. The Balaban J connectivity index is 2.02. The Morgan fingerprint density at radius 3 is 2.48 bits per heavy atom. The highest BCUT2D eigenvalue weighted by Crippen LogP contribution is 2.26. The summed E-state index contributed by atoms with van der Waals surface area (Å²) in [5.74, 6) is -1.74. The summed E-state index contributed by atoms with van der Waals surface area (Å²) in [5, 5.41) is 12.5. The number of aromatic nitrogens is 1. The van der Waals surface area contributed by atoms with E-state index in [9.17, 15) is 9.59 Å². The molecule has 0 aliphatic carbocycles. The van der Waals surface area contributed by atoms with Gasteiger partial charge in [0, 0.05) is 28.8 Å². The summed E-state index contributed by atoms with van der Waals surface area (Å²) in [6, 6.07) is 7.35. The first kappa shape index (κ1) is 17.6. The summed E-state index contributed by atoms with van der Waals surface area (Å²) in [6.45, 7) is 3.63. The zero-order valence-electron chi connectivity index (χ0n) is 13.0. The highest BCUT2D eigenvalue weighted by Gasteiger charge is 2.24. The van der Waals surface area contributed by atoms with Crippen LogP contribution in [0.4, 0.5) is 0 Å². The van der Waals surface area contributed by atoms with Gasteiger partial charge in [-0.1, -0.05) is 37.6 Å². The van der Waals surface area contributed by atoms with E-state index in [1.807, 2.05) is 31.4 Å². The van der Waals surface area contributed by atoms with E-state index in [4.69, 9.17) is 16.7 Å². The van der Waals surface area contributed by atoms with Gasteiger partial charge in [-0.05, 0) is 18.1 Å². The van der Waals surface area contributed by atoms with Crippen LogP contribution in [-0.4, -0.2) is 21.8 Å². The van der Waals surface area contributed by atoms with Gasteiger partial charge < -0.3 is 5.11 Å². The van der Waals surface area contributed by atoms with Crippen molar-refractivity contribution in [2.24, 2.45) is 11.8 Å². The number of benzene rings is 1. The molecule has 6 heteroatoms. The molecular formula is C17H18ClNO3S. The summed E-state index contributed by atoms with van der Waals surface area (Å²) >= 11 is 7.32. The maximum absolute atomic E-state index is 12.1. The third kappa shape index (κ3) is 4.88. The molecule has 1 atom stereocenters. The Labute approximate surface area is 144 Å². The molecule has 0 radical (unpaired) electrons. The fourth-order valence-electron chi connectivity index (χ4n) is 2.24. The maximum atomic E-state index is 12.1. The summed E-state index contributed by atoms with van der Waals surface area (Å²) in [4.78, 5) is 27.7. The van der Waals surface area contributed by atoms with Crippen molar-refractivity contribution in [3.63, 3.8) is 0 Å². The number of halogens is 1. The molecule has 4 nitrogen and oxygen atoms in total. The largest absolute Gasteiger partial charge is 0.481 e. The molecule has 122 valence electrons. The molecule has 1 aromatic carbocycles. The van der Waals surface area contributed by atoms with Crippen molar-refractivity contribution in [1.82, 2.24) is 4.98 Å². The van der Waals surface area contributed by atoms with Gasteiger partial charge in [-0.15, -0.1) is 11.3 Å². The zero-order chi connectivity index (χ0) is 17.0. The number of rotatable bonds is 7.